The maximum absolute atomic E-state index is 12.6. The van der Waals surface area contributed by atoms with Crippen LogP contribution >= 0.6 is 0 Å². The van der Waals surface area contributed by atoms with Gasteiger partial charge in [-0.15, -0.1) is 0 Å². The first-order chi connectivity index (χ1) is 12.8. The fourth-order valence-corrected chi connectivity index (χ4v) is 4.52. The minimum atomic E-state index is 0.0706. The monoisotopic (exact) mass is 340 g/mol. The zero-order valence-corrected chi connectivity index (χ0v) is 14.9. The largest absolute Gasteiger partial charge is 0.354 e. The Morgan fingerprint density at radius 1 is 0.885 bits per heavy atom. The lowest BCUT2D eigenvalue weighted by molar-refractivity contribution is 0.0965. The van der Waals surface area contributed by atoms with Crippen molar-refractivity contribution >= 4 is 27.7 Å². The molecule has 0 spiro atoms. The Bertz CT molecular complexity index is 1200. The smallest absolute Gasteiger partial charge is 0.252 e. The zero-order valence-electron chi connectivity index (χ0n) is 14.9. The van der Waals surface area contributed by atoms with Crippen LogP contribution in [-0.2, 0) is 13.0 Å². The van der Waals surface area contributed by atoms with E-state index >= 15 is 0 Å². The molecule has 2 N–H and O–H groups in total. The van der Waals surface area contributed by atoms with Gasteiger partial charge in [-0.1, -0.05) is 56.3 Å². The van der Waals surface area contributed by atoms with Gasteiger partial charge in [-0.25, -0.2) is 0 Å². The number of rotatable bonds is 0. The zero-order chi connectivity index (χ0) is 17.8. The molecule has 0 radical (unpaired) electrons. The summed E-state index contributed by atoms with van der Waals surface area (Å²) < 4.78 is 0. The molecular weight excluding hydrogens is 320 g/mol. The highest BCUT2D eigenvalue weighted by molar-refractivity contribution is 6.20. The second-order valence-electron chi connectivity index (χ2n) is 6.64. The molecule has 0 saturated carbocycles. The Morgan fingerprint density at radius 2 is 1.65 bits per heavy atom. The third-order valence-corrected chi connectivity index (χ3v) is 5.47. The topological polar surface area (TPSA) is 44.9 Å². The first kappa shape index (κ1) is 15.2. The van der Waals surface area contributed by atoms with E-state index in [4.69, 9.17) is 0 Å². The number of benzene rings is 3. The first-order valence-corrected chi connectivity index (χ1v) is 9.27. The minimum absolute atomic E-state index is 0.0706. The van der Waals surface area contributed by atoms with Crippen LogP contribution in [0.5, 0.6) is 0 Å². The van der Waals surface area contributed by atoms with Crippen LogP contribution in [0, 0.1) is 0 Å². The lowest BCUT2D eigenvalue weighted by Crippen LogP contribution is -2.13. The lowest BCUT2D eigenvalue weighted by Gasteiger charge is -2.09. The van der Waals surface area contributed by atoms with Crippen molar-refractivity contribution in [2.45, 2.75) is 26.8 Å². The van der Waals surface area contributed by atoms with Crippen LogP contribution in [0.15, 0.2) is 48.5 Å². The van der Waals surface area contributed by atoms with E-state index in [0.717, 1.165) is 23.1 Å². The standard InChI is InChI=1S/C21H14N2O.C2H6/c24-21-19-14-9-11-5-1-2-6-12(11)17(14)20-18(15(19)10-22-21)13-7-3-4-8-16(13)23-20;1-2/h1-8,23H,9-10H2,(H,22,24);1-2H3. The normalized spacial score (nSPS) is 13.8. The predicted octanol–water partition coefficient (Wildman–Crippen LogP) is 5.16. The number of hydrogen-bond donors (Lipinski definition) is 2. The molecule has 0 fully saturated rings. The van der Waals surface area contributed by atoms with E-state index in [1.165, 1.54) is 38.5 Å². The van der Waals surface area contributed by atoms with Crippen molar-refractivity contribution in [3.05, 3.63) is 70.8 Å². The van der Waals surface area contributed by atoms with Gasteiger partial charge < -0.3 is 10.3 Å². The molecule has 0 saturated heterocycles. The highest BCUT2D eigenvalue weighted by Gasteiger charge is 2.33. The summed E-state index contributed by atoms with van der Waals surface area (Å²) in [7, 11) is 0. The molecule has 4 aromatic rings. The van der Waals surface area contributed by atoms with Crippen LogP contribution in [0.1, 0.15) is 40.9 Å². The van der Waals surface area contributed by atoms with E-state index in [1.54, 1.807) is 0 Å². The molecule has 6 rings (SSSR count). The summed E-state index contributed by atoms with van der Waals surface area (Å²) in [5, 5.41) is 5.44. The van der Waals surface area contributed by atoms with Crippen molar-refractivity contribution in [3.8, 4) is 11.1 Å². The van der Waals surface area contributed by atoms with E-state index in [2.05, 4.69) is 58.8 Å². The molecule has 3 aromatic carbocycles. The summed E-state index contributed by atoms with van der Waals surface area (Å²) in [4.78, 5) is 16.2. The van der Waals surface area contributed by atoms with Crippen molar-refractivity contribution < 1.29 is 4.79 Å². The minimum Gasteiger partial charge on any atom is -0.354 e. The van der Waals surface area contributed by atoms with Gasteiger partial charge in [0.25, 0.3) is 5.91 Å². The number of amides is 1. The number of aromatic nitrogens is 1. The average molecular weight is 340 g/mol. The SMILES string of the molecule is CC.O=C1NCc2c1c1c(c3[nH]c4ccccc4c23)-c2ccccc2C1. The van der Waals surface area contributed by atoms with E-state index in [0.29, 0.717) is 6.54 Å². The Hall–Kier alpha value is -3.07. The first-order valence-electron chi connectivity index (χ1n) is 9.27. The number of hydrogen-bond acceptors (Lipinski definition) is 1. The van der Waals surface area contributed by atoms with Crippen molar-refractivity contribution in [2.24, 2.45) is 0 Å². The molecule has 3 nitrogen and oxygen atoms in total. The van der Waals surface area contributed by atoms with Gasteiger partial charge in [0, 0.05) is 34.0 Å². The van der Waals surface area contributed by atoms with Crippen LogP contribution < -0.4 is 5.32 Å². The molecule has 0 atom stereocenters. The molecule has 1 aliphatic carbocycles. The summed E-state index contributed by atoms with van der Waals surface area (Å²) in [6.45, 7) is 4.62. The third-order valence-electron chi connectivity index (χ3n) is 5.47. The van der Waals surface area contributed by atoms with Crippen LogP contribution in [0.2, 0.25) is 0 Å². The second-order valence-corrected chi connectivity index (χ2v) is 6.64. The van der Waals surface area contributed by atoms with E-state index in [9.17, 15) is 4.79 Å². The third kappa shape index (κ3) is 1.80. The number of fused-ring (bicyclic) bond motifs is 10. The lowest BCUT2D eigenvalue weighted by atomic mass is 9.92. The summed E-state index contributed by atoms with van der Waals surface area (Å²) in [6, 6.07) is 16.9. The van der Waals surface area contributed by atoms with Crippen molar-refractivity contribution in [3.63, 3.8) is 0 Å². The molecule has 1 amide bonds. The van der Waals surface area contributed by atoms with Gasteiger partial charge in [0.1, 0.15) is 0 Å². The maximum Gasteiger partial charge on any atom is 0.252 e. The Balaban J connectivity index is 0.000000727. The molecule has 1 aliphatic heterocycles. The van der Waals surface area contributed by atoms with Crippen LogP contribution in [0.25, 0.3) is 32.9 Å². The number of para-hydroxylation sites is 1. The van der Waals surface area contributed by atoms with Crippen molar-refractivity contribution in [2.75, 3.05) is 0 Å². The summed E-state index contributed by atoms with van der Waals surface area (Å²) in [5.74, 6) is 0.0706. The molecule has 2 heterocycles. The Kier molecular flexibility index (Phi) is 3.20. The van der Waals surface area contributed by atoms with Gasteiger partial charge in [0.2, 0.25) is 0 Å². The van der Waals surface area contributed by atoms with Gasteiger partial charge in [0.05, 0.1) is 5.52 Å². The molecule has 0 bridgehead atoms. The van der Waals surface area contributed by atoms with Gasteiger partial charge in [0.15, 0.2) is 0 Å². The number of carbonyl (C=O) groups excluding carboxylic acids is 1. The number of nitrogens with one attached hydrogen (secondary N) is 2. The summed E-state index contributed by atoms with van der Waals surface area (Å²) in [6.07, 6.45) is 0.840. The van der Waals surface area contributed by atoms with Crippen LogP contribution in [0.3, 0.4) is 0 Å². The summed E-state index contributed by atoms with van der Waals surface area (Å²) in [5.41, 5.74) is 9.32. The number of H-pyrrole nitrogens is 1. The number of aromatic amines is 1. The highest BCUT2D eigenvalue weighted by atomic mass is 16.1. The molecule has 1 aromatic heterocycles. The highest BCUT2D eigenvalue weighted by Crippen LogP contribution is 2.47. The quantitative estimate of drug-likeness (QED) is 0.402. The maximum atomic E-state index is 12.6. The van der Waals surface area contributed by atoms with Crippen LogP contribution in [0.4, 0.5) is 0 Å². The fourth-order valence-electron chi connectivity index (χ4n) is 4.52. The molecule has 128 valence electrons. The van der Waals surface area contributed by atoms with Gasteiger partial charge in [-0.05, 0) is 34.7 Å². The van der Waals surface area contributed by atoms with E-state index < -0.39 is 0 Å². The molecule has 3 heteroatoms. The van der Waals surface area contributed by atoms with Crippen LogP contribution in [-0.4, -0.2) is 10.9 Å². The van der Waals surface area contributed by atoms with Gasteiger partial charge in [-0.2, -0.15) is 0 Å². The van der Waals surface area contributed by atoms with E-state index in [-0.39, 0.29) is 5.91 Å². The molecule has 26 heavy (non-hydrogen) atoms. The van der Waals surface area contributed by atoms with Crippen molar-refractivity contribution in [1.29, 1.82) is 0 Å². The van der Waals surface area contributed by atoms with Gasteiger partial charge in [-0.3, -0.25) is 4.79 Å². The second kappa shape index (κ2) is 5.46. The van der Waals surface area contributed by atoms with E-state index in [1.807, 2.05) is 13.8 Å². The molecule has 2 aliphatic rings. The molecule has 0 unspecified atom stereocenters. The van der Waals surface area contributed by atoms with Gasteiger partial charge >= 0.3 is 0 Å². The Morgan fingerprint density at radius 3 is 2.54 bits per heavy atom. The predicted molar refractivity (Wildman–Crippen MR) is 107 cm³/mol. The molecular formula is C23H20N2O. The fraction of sp³-hybridized carbons (Fsp3) is 0.174. The average Bonchev–Trinajstić information content (AvgIpc) is 3.35. The van der Waals surface area contributed by atoms with Crippen molar-refractivity contribution in [1.82, 2.24) is 10.3 Å². The number of carbonyl (C=O) groups is 1. The summed E-state index contributed by atoms with van der Waals surface area (Å²) >= 11 is 0. The Labute approximate surface area is 152 Å².